The highest BCUT2D eigenvalue weighted by molar-refractivity contribution is 9.10. The minimum absolute atomic E-state index is 0.0704. The van der Waals surface area contributed by atoms with Crippen molar-refractivity contribution >= 4 is 33.0 Å². The van der Waals surface area contributed by atoms with E-state index < -0.39 is 17.1 Å². The van der Waals surface area contributed by atoms with Gasteiger partial charge in [0.05, 0.1) is 0 Å². The summed E-state index contributed by atoms with van der Waals surface area (Å²) in [6.45, 7) is 9.84. The Bertz CT molecular complexity index is 549. The van der Waals surface area contributed by atoms with Crippen LogP contribution < -0.4 is 4.74 Å². The maximum Gasteiger partial charge on any atom is 0.241 e. The molecule has 0 aliphatic carbocycles. The van der Waals surface area contributed by atoms with Crippen molar-refractivity contribution in [1.29, 1.82) is 0 Å². The molecule has 0 spiro atoms. The van der Waals surface area contributed by atoms with Crippen LogP contribution in [0.1, 0.15) is 53.0 Å². The summed E-state index contributed by atoms with van der Waals surface area (Å²) >= 11 is 3.43. The number of alkyl halides is 2. The highest BCUT2D eigenvalue weighted by atomic mass is 79.9. The van der Waals surface area contributed by atoms with E-state index in [-0.39, 0.29) is 5.41 Å². The summed E-state index contributed by atoms with van der Waals surface area (Å²) < 4.78 is 36.1. The van der Waals surface area contributed by atoms with E-state index in [0.29, 0.717) is 12.2 Å². The third kappa shape index (κ3) is 4.69. The molecule has 0 heterocycles. The predicted molar refractivity (Wildman–Crippen MR) is 103 cm³/mol. The SMILES string of the molecule is BC(F)(Oc1cc(Br)cc(C(C)(C)CC)c1)C(F)(P)C(C)CC. The minimum Gasteiger partial charge on any atom is -0.463 e. The van der Waals surface area contributed by atoms with E-state index in [9.17, 15) is 8.78 Å². The number of benzene rings is 1. The molecule has 0 amide bonds. The summed E-state index contributed by atoms with van der Waals surface area (Å²) in [6, 6.07) is 5.46. The monoisotopic (exact) mass is 406 g/mol. The van der Waals surface area contributed by atoms with Gasteiger partial charge in [-0.2, -0.15) is 0 Å². The van der Waals surface area contributed by atoms with Crippen molar-refractivity contribution in [3.63, 3.8) is 0 Å². The normalized spacial score (nSPS) is 18.8. The second-order valence-electron chi connectivity index (χ2n) is 7.01. The highest BCUT2D eigenvalue weighted by Gasteiger charge is 2.51. The zero-order valence-electron chi connectivity index (χ0n) is 14.8. The first-order chi connectivity index (χ1) is 10.4. The highest BCUT2D eigenvalue weighted by Crippen LogP contribution is 2.44. The van der Waals surface area contributed by atoms with Gasteiger partial charge in [0, 0.05) is 4.47 Å². The molecule has 0 radical (unpaired) electrons. The van der Waals surface area contributed by atoms with Gasteiger partial charge in [-0.3, -0.25) is 0 Å². The van der Waals surface area contributed by atoms with Crippen LogP contribution in [0, 0.1) is 5.92 Å². The molecular weight excluding hydrogens is 380 g/mol. The first-order valence-corrected chi connectivity index (χ1v) is 9.41. The van der Waals surface area contributed by atoms with E-state index in [1.165, 1.54) is 0 Å². The van der Waals surface area contributed by atoms with Crippen molar-refractivity contribution in [2.24, 2.45) is 5.92 Å². The summed E-state index contributed by atoms with van der Waals surface area (Å²) in [4.78, 5) is 0. The maximum atomic E-state index is 15.0. The first-order valence-electron chi connectivity index (χ1n) is 8.04. The number of hydrogen-bond acceptors (Lipinski definition) is 1. The molecule has 1 aromatic rings. The van der Waals surface area contributed by atoms with Crippen LogP contribution in [0.5, 0.6) is 5.75 Å². The van der Waals surface area contributed by atoms with Gasteiger partial charge in [-0.25, -0.2) is 8.78 Å². The van der Waals surface area contributed by atoms with Gasteiger partial charge in [-0.1, -0.05) is 59.8 Å². The molecular formula is C17H27BBrF2OP. The topological polar surface area (TPSA) is 9.23 Å². The van der Waals surface area contributed by atoms with Crippen molar-refractivity contribution in [3.05, 3.63) is 28.2 Å². The van der Waals surface area contributed by atoms with Gasteiger partial charge in [0.25, 0.3) is 0 Å². The Morgan fingerprint density at radius 3 is 2.30 bits per heavy atom. The molecule has 0 bridgehead atoms. The molecule has 0 aromatic heterocycles. The van der Waals surface area contributed by atoms with Crippen LogP contribution >= 0.6 is 25.2 Å². The zero-order chi connectivity index (χ0) is 18.1. The smallest absolute Gasteiger partial charge is 0.241 e. The van der Waals surface area contributed by atoms with E-state index in [4.69, 9.17) is 4.74 Å². The Morgan fingerprint density at radius 1 is 1.26 bits per heavy atom. The number of hydrogen-bond donors (Lipinski definition) is 0. The fourth-order valence-electron chi connectivity index (χ4n) is 2.25. The van der Waals surface area contributed by atoms with E-state index in [0.717, 1.165) is 24.3 Å². The molecule has 0 fully saturated rings. The molecule has 0 aliphatic rings. The molecule has 1 nitrogen and oxygen atoms in total. The Labute approximate surface area is 150 Å². The Balaban J connectivity index is 3.18. The third-order valence-electron chi connectivity index (χ3n) is 4.86. The first kappa shape index (κ1) is 20.9. The zero-order valence-corrected chi connectivity index (χ0v) is 17.6. The predicted octanol–water partition coefficient (Wildman–Crippen LogP) is 5.36. The fraction of sp³-hybridized carbons (Fsp3) is 0.647. The Hall–Kier alpha value is -0.145. The Morgan fingerprint density at radius 2 is 1.83 bits per heavy atom. The van der Waals surface area contributed by atoms with Crippen LogP contribution in [-0.4, -0.2) is 19.0 Å². The lowest BCUT2D eigenvalue weighted by molar-refractivity contribution is -0.0881. The molecule has 23 heavy (non-hydrogen) atoms. The summed E-state index contributed by atoms with van der Waals surface area (Å²) in [6.07, 6.45) is 1.45. The van der Waals surface area contributed by atoms with Crippen LogP contribution in [0.2, 0.25) is 0 Å². The summed E-state index contributed by atoms with van der Waals surface area (Å²) in [5.74, 6) is -2.60. The lowest BCUT2D eigenvalue weighted by Gasteiger charge is -2.38. The molecule has 0 saturated carbocycles. The molecule has 0 N–H and O–H groups in total. The largest absolute Gasteiger partial charge is 0.463 e. The number of rotatable bonds is 7. The van der Waals surface area contributed by atoms with Gasteiger partial charge in [-0.15, -0.1) is 0 Å². The van der Waals surface area contributed by atoms with E-state index >= 15 is 0 Å². The number of halogens is 3. The van der Waals surface area contributed by atoms with Crippen LogP contribution in [0.15, 0.2) is 22.7 Å². The Kier molecular flexibility index (Phi) is 6.72. The lowest BCUT2D eigenvalue weighted by Crippen LogP contribution is -2.52. The maximum absolute atomic E-state index is 15.0. The van der Waals surface area contributed by atoms with E-state index in [2.05, 4.69) is 36.7 Å². The van der Waals surface area contributed by atoms with Crippen molar-refractivity contribution in [2.45, 2.75) is 64.0 Å². The summed E-state index contributed by atoms with van der Waals surface area (Å²) in [5, 5.41) is -2.16. The minimum atomic E-state index is -2.44. The number of ether oxygens (including phenoxy) is 1. The summed E-state index contributed by atoms with van der Waals surface area (Å²) in [7, 11) is 3.15. The van der Waals surface area contributed by atoms with Crippen LogP contribution in [-0.2, 0) is 5.41 Å². The molecule has 6 heteroatoms. The van der Waals surface area contributed by atoms with Gasteiger partial charge in [0.2, 0.25) is 13.6 Å². The van der Waals surface area contributed by atoms with Crippen molar-refractivity contribution < 1.29 is 13.5 Å². The average molecular weight is 407 g/mol. The van der Waals surface area contributed by atoms with E-state index in [1.807, 2.05) is 22.2 Å². The molecule has 130 valence electrons. The second-order valence-corrected chi connectivity index (χ2v) is 8.77. The quantitative estimate of drug-likeness (QED) is 0.437. The lowest BCUT2D eigenvalue weighted by atomic mass is 9.82. The van der Waals surface area contributed by atoms with Gasteiger partial charge in [-0.05, 0) is 47.9 Å². The van der Waals surface area contributed by atoms with Crippen molar-refractivity contribution in [3.8, 4) is 5.75 Å². The van der Waals surface area contributed by atoms with E-state index in [1.54, 1.807) is 19.1 Å². The molecule has 4 unspecified atom stereocenters. The molecule has 0 aliphatic heterocycles. The molecule has 4 atom stereocenters. The van der Waals surface area contributed by atoms with Gasteiger partial charge < -0.3 is 4.74 Å². The third-order valence-corrected chi connectivity index (χ3v) is 6.40. The van der Waals surface area contributed by atoms with Gasteiger partial charge in [0.15, 0.2) is 5.41 Å². The average Bonchev–Trinajstić information content (AvgIpc) is 2.44. The molecule has 0 saturated heterocycles. The van der Waals surface area contributed by atoms with Crippen LogP contribution in [0.4, 0.5) is 8.78 Å². The van der Waals surface area contributed by atoms with Gasteiger partial charge >= 0.3 is 0 Å². The van der Waals surface area contributed by atoms with Crippen LogP contribution in [0.25, 0.3) is 0 Å². The second kappa shape index (κ2) is 7.39. The standard InChI is InChI=1S/C17H27BBrF2OP/c1-6-11(3)16(20,23)17(18,21)22-14-9-12(8-13(19)10-14)15(4,5)7-2/h8-11H,6-7,18,23H2,1-5H3. The van der Waals surface area contributed by atoms with Crippen molar-refractivity contribution in [2.75, 3.05) is 0 Å². The van der Waals surface area contributed by atoms with Gasteiger partial charge in [0.1, 0.15) is 5.75 Å². The summed E-state index contributed by atoms with van der Waals surface area (Å²) in [5.41, 5.74) is 0.955. The van der Waals surface area contributed by atoms with Crippen LogP contribution in [0.3, 0.4) is 0 Å². The van der Waals surface area contributed by atoms with Crippen molar-refractivity contribution in [1.82, 2.24) is 0 Å². The molecule has 1 rings (SSSR count). The fourth-order valence-corrected chi connectivity index (χ4v) is 3.02. The molecule has 1 aromatic carbocycles.